The third kappa shape index (κ3) is 8.21. The molecule has 0 spiro atoms. The topological polar surface area (TPSA) is 107 Å². The molecule has 0 aliphatic carbocycles. The van der Waals surface area contributed by atoms with E-state index in [0.717, 1.165) is 19.1 Å². The number of piperazine rings is 1. The predicted molar refractivity (Wildman–Crippen MR) is 222 cm³/mol. The van der Waals surface area contributed by atoms with E-state index in [9.17, 15) is 9.59 Å². The molecule has 57 heavy (non-hydrogen) atoms. The number of halogens is 2. The van der Waals surface area contributed by atoms with Crippen LogP contribution in [0.2, 0.25) is 16.6 Å². The number of nitrogens with zero attached hydrogens (tertiary/aromatic N) is 5. The molecule has 2 unspecified atom stereocenters. The molecule has 13 heteroatoms. The van der Waals surface area contributed by atoms with Crippen molar-refractivity contribution in [2.75, 3.05) is 31.9 Å². The Balaban J connectivity index is 1.54. The molecule has 2 atom stereocenters. The fourth-order valence-electron chi connectivity index (χ4n) is 9.04. The zero-order valence-electron chi connectivity index (χ0n) is 34.8. The summed E-state index contributed by atoms with van der Waals surface area (Å²) < 4.78 is 50.4. The minimum Gasteiger partial charge on any atom is -0.468 e. The molecule has 6 rings (SSSR count). The number of benzene rings is 2. The van der Waals surface area contributed by atoms with E-state index in [2.05, 4.69) is 62.9 Å². The maximum absolute atomic E-state index is 17.4. The molecular weight excluding hydrogens is 745 g/mol. The van der Waals surface area contributed by atoms with Crippen LogP contribution in [0, 0.1) is 23.1 Å². The highest BCUT2D eigenvalue weighted by Gasteiger charge is 2.45. The number of fused-ring (bicyclic) bond motifs is 4. The number of aldehydes is 1. The van der Waals surface area contributed by atoms with Crippen LogP contribution >= 0.6 is 0 Å². The molecule has 2 bridgehead atoms. The van der Waals surface area contributed by atoms with Gasteiger partial charge in [0, 0.05) is 50.2 Å². The minimum absolute atomic E-state index is 0.0269. The van der Waals surface area contributed by atoms with E-state index in [1.165, 1.54) is 13.2 Å². The predicted octanol–water partition coefficient (Wildman–Crippen LogP) is 9.40. The monoisotopic (exact) mass is 799 g/mol. The lowest BCUT2D eigenvalue weighted by Crippen LogP contribution is -2.57. The number of rotatable bonds is 11. The Morgan fingerprint density at radius 3 is 2.28 bits per heavy atom. The van der Waals surface area contributed by atoms with Gasteiger partial charge >= 0.3 is 6.09 Å². The van der Waals surface area contributed by atoms with Gasteiger partial charge in [-0.05, 0) is 73.8 Å². The van der Waals surface area contributed by atoms with Crippen LogP contribution in [0.1, 0.15) is 93.0 Å². The van der Waals surface area contributed by atoms with Crippen molar-refractivity contribution in [1.29, 1.82) is 0 Å². The fraction of sp³-hybridized carbons (Fsp3) is 0.523. The Bertz CT molecular complexity index is 2190. The number of amides is 1. The molecular formula is C44H55F2N5O5Si. The summed E-state index contributed by atoms with van der Waals surface area (Å²) in [6, 6.07) is 6.18. The van der Waals surface area contributed by atoms with Gasteiger partial charge in [0.1, 0.15) is 54.4 Å². The van der Waals surface area contributed by atoms with Crippen molar-refractivity contribution in [2.24, 2.45) is 0 Å². The van der Waals surface area contributed by atoms with Gasteiger partial charge in [-0.2, -0.15) is 0 Å². The molecule has 0 saturated carbocycles. The minimum atomic E-state index is -2.29. The average molecular weight is 800 g/mol. The molecule has 2 aromatic heterocycles. The molecule has 1 amide bonds. The normalized spacial score (nSPS) is 17.2. The highest BCUT2D eigenvalue weighted by molar-refractivity contribution is 6.90. The smallest absolute Gasteiger partial charge is 0.410 e. The highest BCUT2D eigenvalue weighted by atomic mass is 28.3. The van der Waals surface area contributed by atoms with Gasteiger partial charge in [-0.1, -0.05) is 53.5 Å². The van der Waals surface area contributed by atoms with E-state index < -0.39 is 25.3 Å². The molecule has 0 radical (unpaired) electrons. The van der Waals surface area contributed by atoms with Crippen molar-refractivity contribution >= 4 is 47.9 Å². The van der Waals surface area contributed by atoms with Crippen LogP contribution in [0.25, 0.3) is 32.9 Å². The van der Waals surface area contributed by atoms with E-state index in [1.807, 2.05) is 25.7 Å². The van der Waals surface area contributed by atoms with Crippen molar-refractivity contribution in [3.8, 4) is 28.5 Å². The van der Waals surface area contributed by atoms with E-state index in [-0.39, 0.29) is 54.6 Å². The van der Waals surface area contributed by atoms with Crippen molar-refractivity contribution in [3.05, 3.63) is 53.5 Å². The van der Waals surface area contributed by atoms with Crippen molar-refractivity contribution in [1.82, 2.24) is 19.9 Å². The van der Waals surface area contributed by atoms with Crippen LogP contribution in [0.15, 0.2) is 30.5 Å². The number of methoxy groups -OCH3 is 1. The van der Waals surface area contributed by atoms with E-state index in [0.29, 0.717) is 68.8 Å². The number of anilines is 1. The molecule has 4 heterocycles. The summed E-state index contributed by atoms with van der Waals surface area (Å²) in [6.07, 6.45) is 3.94. The zero-order chi connectivity index (χ0) is 41.4. The molecule has 0 N–H and O–H groups in total. The van der Waals surface area contributed by atoms with Crippen molar-refractivity contribution < 1.29 is 32.6 Å². The summed E-state index contributed by atoms with van der Waals surface area (Å²) in [6.45, 7) is 19.6. The number of aryl methyl sites for hydroxylation is 1. The summed E-state index contributed by atoms with van der Waals surface area (Å²) in [7, 11) is -0.788. The Morgan fingerprint density at radius 2 is 1.68 bits per heavy atom. The summed E-state index contributed by atoms with van der Waals surface area (Å²) in [5, 5.41) is 1.41. The summed E-state index contributed by atoms with van der Waals surface area (Å²) in [4.78, 5) is 42.9. The summed E-state index contributed by atoms with van der Waals surface area (Å²) >= 11 is 0. The SMILES string of the molecule is COCOc1cc(-c2ncc3c(N4CC5CCC(C4)N5C(=O)OC(C)(C)C)nc(CCC=O)nc3c2F)c2c(C#C[Si](C(C)C)(C(C)C)C(C)C)c(F)ccc2c1. The molecule has 2 saturated heterocycles. The van der Waals surface area contributed by atoms with E-state index in [4.69, 9.17) is 24.2 Å². The number of carbonyl (C=O) groups excluding carboxylic acids is 2. The lowest BCUT2D eigenvalue weighted by molar-refractivity contribution is -0.107. The number of pyridine rings is 1. The van der Waals surface area contributed by atoms with Crippen LogP contribution in [-0.2, 0) is 20.7 Å². The van der Waals surface area contributed by atoms with Crippen LogP contribution < -0.4 is 9.64 Å². The standard InChI is InChI=1S/C44H55F2N5O5Si/c1-26(2)57(27(3)4,28(5)6)19-17-33-36(45)16-13-29-20-32(55-25-54-10)21-34(38(29)33)40-39(46)41-35(22-47-40)42(49-37(48-41)12-11-18-52)50-23-30-14-15-31(24-50)51(30)43(53)56-44(7,8)9/h13,16,18,20-22,26-28,30-31H,11-12,14-15,23-25H2,1-10H3. The molecule has 304 valence electrons. The number of carbonyl (C=O) groups is 2. The third-order valence-electron chi connectivity index (χ3n) is 11.5. The average Bonchev–Trinajstić information content (AvgIpc) is 3.42. The van der Waals surface area contributed by atoms with Crippen molar-refractivity contribution in [2.45, 2.75) is 122 Å². The molecule has 2 aliphatic rings. The van der Waals surface area contributed by atoms with Gasteiger partial charge in [0.15, 0.2) is 12.6 Å². The van der Waals surface area contributed by atoms with Gasteiger partial charge in [0.05, 0.1) is 23.0 Å². The first-order valence-corrected chi connectivity index (χ1v) is 22.2. The second-order valence-corrected chi connectivity index (χ2v) is 22.8. The Kier molecular flexibility index (Phi) is 12.3. The maximum atomic E-state index is 17.4. The quantitative estimate of drug-likeness (QED) is 0.0635. The fourth-order valence-corrected chi connectivity index (χ4v) is 14.2. The number of ether oxygens (including phenoxy) is 3. The lowest BCUT2D eigenvalue weighted by atomic mass is 9.95. The second kappa shape index (κ2) is 16.7. The lowest BCUT2D eigenvalue weighted by Gasteiger charge is -2.42. The van der Waals surface area contributed by atoms with Crippen LogP contribution in [0.5, 0.6) is 5.75 Å². The van der Waals surface area contributed by atoms with Crippen LogP contribution in [0.4, 0.5) is 19.4 Å². The number of hydrogen-bond donors (Lipinski definition) is 0. The molecule has 2 aromatic carbocycles. The van der Waals surface area contributed by atoms with E-state index in [1.54, 1.807) is 24.4 Å². The van der Waals surface area contributed by atoms with Gasteiger partial charge < -0.3 is 23.9 Å². The molecule has 2 aliphatic heterocycles. The molecule has 4 aromatic rings. The molecule has 2 fully saturated rings. The number of hydrogen-bond acceptors (Lipinski definition) is 9. The van der Waals surface area contributed by atoms with Gasteiger partial charge in [-0.15, -0.1) is 5.54 Å². The zero-order valence-corrected chi connectivity index (χ0v) is 35.8. The van der Waals surface area contributed by atoms with Crippen LogP contribution in [-0.4, -0.2) is 85.0 Å². The summed E-state index contributed by atoms with van der Waals surface area (Å²) in [5.41, 5.74) is 4.41. The summed E-state index contributed by atoms with van der Waals surface area (Å²) in [5.74, 6) is 3.25. The largest absolute Gasteiger partial charge is 0.468 e. The first kappa shape index (κ1) is 41.9. The number of aromatic nitrogens is 3. The Hall–Kier alpha value is -4.67. The highest BCUT2D eigenvalue weighted by Crippen LogP contribution is 2.43. The molecule has 10 nitrogen and oxygen atoms in total. The second-order valence-electron chi connectivity index (χ2n) is 17.2. The third-order valence-corrected chi connectivity index (χ3v) is 17.8. The van der Waals surface area contributed by atoms with Gasteiger partial charge in [0.2, 0.25) is 0 Å². The van der Waals surface area contributed by atoms with Gasteiger partial charge in [-0.3, -0.25) is 9.88 Å². The first-order chi connectivity index (χ1) is 27.0. The van der Waals surface area contributed by atoms with E-state index >= 15 is 8.78 Å². The first-order valence-electron chi connectivity index (χ1n) is 20.0. The maximum Gasteiger partial charge on any atom is 0.410 e. The van der Waals surface area contributed by atoms with Gasteiger partial charge in [-0.25, -0.2) is 23.5 Å². The Labute approximate surface area is 335 Å². The van der Waals surface area contributed by atoms with Gasteiger partial charge in [0.25, 0.3) is 0 Å². The van der Waals surface area contributed by atoms with Crippen molar-refractivity contribution in [3.63, 3.8) is 0 Å². The Morgan fingerprint density at radius 1 is 1.02 bits per heavy atom. The van der Waals surface area contributed by atoms with Crippen LogP contribution in [0.3, 0.4) is 0 Å².